The van der Waals surface area contributed by atoms with Gasteiger partial charge in [-0.1, -0.05) is 58.4 Å². The summed E-state index contributed by atoms with van der Waals surface area (Å²) in [5.74, 6) is -0.193. The summed E-state index contributed by atoms with van der Waals surface area (Å²) >= 11 is 0. The fraction of sp³-hybridized carbons (Fsp3) is 0.838. The average Bonchev–Trinajstić information content (AvgIpc) is 3.32. The number of hydrogen-bond acceptors (Lipinski definition) is 8. The molecule has 5 rings (SSSR count). The van der Waals surface area contributed by atoms with Gasteiger partial charge in [0.2, 0.25) is 0 Å². The van der Waals surface area contributed by atoms with Crippen molar-refractivity contribution in [1.29, 1.82) is 0 Å². The van der Waals surface area contributed by atoms with Crippen molar-refractivity contribution < 1.29 is 44.2 Å². The first-order chi connectivity index (χ1) is 21.5. The number of rotatable bonds is 9. The van der Waals surface area contributed by atoms with Crippen LogP contribution >= 0.6 is 0 Å². The first kappa shape index (κ1) is 35.5. The van der Waals surface area contributed by atoms with Gasteiger partial charge in [-0.3, -0.25) is 9.59 Å². The number of hydrogen-bond donors (Lipinski definition) is 4. The molecule has 0 spiro atoms. The number of aliphatic hydroxyl groups is 3. The SMILES string of the molecule is C=C(CC[C@@H](C(=O)O)[C@H]1CC[C@H]2C3=CC[C@H]4[C@H](C)[C@@H](O[C@@H]5O[C@@H](C)[C@H](O)[C@@H](O)[C@@H]5O)[C@H](OC(C)=O)C[C@]4(C)[C@H]3CC[C@]12C)C(C)C. The molecule has 0 radical (unpaired) electrons. The highest BCUT2D eigenvalue weighted by Crippen LogP contribution is 2.68. The molecular formula is C37H58O9. The van der Waals surface area contributed by atoms with Crippen LogP contribution in [0.1, 0.15) is 99.8 Å². The lowest BCUT2D eigenvalue weighted by atomic mass is 9.45. The Hall–Kier alpha value is -1.78. The van der Waals surface area contributed by atoms with Crippen LogP contribution in [0.5, 0.6) is 0 Å². The molecule has 15 atom stereocenters. The highest BCUT2D eigenvalue weighted by atomic mass is 16.7. The molecule has 5 aliphatic rings. The quantitative estimate of drug-likeness (QED) is 0.195. The zero-order chi connectivity index (χ0) is 33.9. The van der Waals surface area contributed by atoms with Gasteiger partial charge in [-0.05, 0) is 105 Å². The number of allylic oxidation sites excluding steroid dienone is 3. The Bertz CT molecular complexity index is 1200. The second-order valence-electron chi connectivity index (χ2n) is 16.2. The maximum absolute atomic E-state index is 12.7. The normalized spacial score (nSPS) is 46.0. The Kier molecular flexibility index (Phi) is 10.2. The maximum atomic E-state index is 12.7. The number of carbonyl (C=O) groups excluding carboxylic acids is 1. The van der Waals surface area contributed by atoms with Gasteiger partial charge < -0.3 is 34.6 Å². The van der Waals surface area contributed by atoms with Crippen LogP contribution in [0.3, 0.4) is 0 Å². The third kappa shape index (κ3) is 6.13. The van der Waals surface area contributed by atoms with E-state index in [2.05, 4.69) is 47.3 Å². The van der Waals surface area contributed by atoms with E-state index in [0.29, 0.717) is 30.6 Å². The maximum Gasteiger partial charge on any atom is 0.306 e. The molecule has 0 aromatic carbocycles. The number of carboxylic acids is 1. The molecule has 1 heterocycles. The summed E-state index contributed by atoms with van der Waals surface area (Å²) < 4.78 is 18.1. The van der Waals surface area contributed by atoms with Crippen molar-refractivity contribution in [3.63, 3.8) is 0 Å². The molecule has 9 heteroatoms. The minimum Gasteiger partial charge on any atom is -0.481 e. The molecule has 0 unspecified atom stereocenters. The molecule has 4 N–H and O–H groups in total. The Morgan fingerprint density at radius 2 is 1.72 bits per heavy atom. The second kappa shape index (κ2) is 13.3. The Balaban J connectivity index is 1.39. The summed E-state index contributed by atoms with van der Waals surface area (Å²) in [4.78, 5) is 25.1. The fourth-order valence-electron chi connectivity index (χ4n) is 10.6. The van der Waals surface area contributed by atoms with E-state index in [0.717, 1.165) is 44.1 Å². The first-order valence-electron chi connectivity index (χ1n) is 17.6. The molecule has 4 aliphatic carbocycles. The smallest absolute Gasteiger partial charge is 0.306 e. The van der Waals surface area contributed by atoms with Crippen molar-refractivity contribution in [1.82, 2.24) is 0 Å². The van der Waals surface area contributed by atoms with Gasteiger partial charge in [0.05, 0.1) is 12.0 Å². The summed E-state index contributed by atoms with van der Waals surface area (Å²) in [5, 5.41) is 41.7. The zero-order valence-corrected chi connectivity index (χ0v) is 28.9. The molecule has 0 aromatic heterocycles. The standard InChI is InChI=1S/C37H58O9/c1-18(2)19(3)9-10-24(34(42)43)27-14-13-26-23-11-12-25-20(4)33(46-35-32(41)31(40)30(39)21(5)44-35)29(45-22(6)38)17-37(25,8)28(23)15-16-36(26,27)7/h11,18,20-21,24-33,35,39-41H,3,9-10,12-17H2,1-2,4-8H3,(H,42,43)/t20-,21-,24+,25-,26-,27+,28-,29+,30-,31+,32-,33+,35-,36-,37-/m0/s1. The van der Waals surface area contributed by atoms with Gasteiger partial charge in [0.25, 0.3) is 0 Å². The van der Waals surface area contributed by atoms with Gasteiger partial charge >= 0.3 is 11.9 Å². The lowest BCUT2D eigenvalue weighted by Gasteiger charge is -2.61. The summed E-state index contributed by atoms with van der Waals surface area (Å²) in [5.41, 5.74) is 2.34. The molecule has 4 fully saturated rings. The predicted octanol–water partition coefficient (Wildman–Crippen LogP) is 5.26. The third-order valence-electron chi connectivity index (χ3n) is 13.4. The first-order valence-corrected chi connectivity index (χ1v) is 17.6. The Morgan fingerprint density at radius 1 is 1.04 bits per heavy atom. The van der Waals surface area contributed by atoms with E-state index in [1.165, 1.54) is 12.5 Å². The monoisotopic (exact) mass is 646 g/mol. The molecule has 0 aromatic rings. The minimum absolute atomic E-state index is 0.0499. The summed E-state index contributed by atoms with van der Waals surface area (Å²) in [6.07, 6.45) is 1.99. The number of ether oxygens (including phenoxy) is 3. The number of aliphatic carboxylic acids is 1. The van der Waals surface area contributed by atoms with Crippen LogP contribution in [0.4, 0.5) is 0 Å². The molecule has 46 heavy (non-hydrogen) atoms. The van der Waals surface area contributed by atoms with Crippen molar-refractivity contribution in [2.24, 2.45) is 52.3 Å². The Morgan fingerprint density at radius 3 is 2.35 bits per heavy atom. The number of carbonyl (C=O) groups is 2. The fourth-order valence-corrected chi connectivity index (χ4v) is 10.6. The van der Waals surface area contributed by atoms with Crippen LogP contribution in [-0.4, -0.2) is 75.3 Å². The molecule has 260 valence electrons. The van der Waals surface area contributed by atoms with Crippen molar-refractivity contribution in [2.75, 3.05) is 0 Å². The van der Waals surface area contributed by atoms with Crippen LogP contribution in [-0.2, 0) is 23.8 Å². The lowest BCUT2D eigenvalue weighted by molar-refractivity contribution is -0.323. The van der Waals surface area contributed by atoms with E-state index in [-0.39, 0.29) is 34.5 Å². The van der Waals surface area contributed by atoms with Gasteiger partial charge in [-0.15, -0.1) is 0 Å². The van der Waals surface area contributed by atoms with Gasteiger partial charge in [0.1, 0.15) is 30.5 Å². The molecule has 1 saturated heterocycles. The number of aliphatic hydroxyl groups excluding tert-OH is 3. The largest absolute Gasteiger partial charge is 0.481 e. The molecule has 9 nitrogen and oxygen atoms in total. The number of carboxylic acid groups (broad SMARTS) is 1. The predicted molar refractivity (Wildman–Crippen MR) is 172 cm³/mol. The van der Waals surface area contributed by atoms with Gasteiger partial charge in [0, 0.05) is 6.92 Å². The lowest BCUT2D eigenvalue weighted by Crippen LogP contribution is -2.62. The van der Waals surface area contributed by atoms with Crippen LogP contribution in [0.2, 0.25) is 0 Å². The van der Waals surface area contributed by atoms with Crippen LogP contribution < -0.4 is 0 Å². The van der Waals surface area contributed by atoms with Crippen LogP contribution in [0, 0.1) is 52.3 Å². The number of fused-ring (bicyclic) bond motifs is 5. The highest BCUT2D eigenvalue weighted by Gasteiger charge is 2.62. The molecular weight excluding hydrogens is 588 g/mol. The molecule has 0 bridgehead atoms. The summed E-state index contributed by atoms with van der Waals surface area (Å²) in [6, 6.07) is 0. The Labute approximate surface area is 274 Å². The average molecular weight is 647 g/mol. The highest BCUT2D eigenvalue weighted by molar-refractivity contribution is 5.70. The summed E-state index contributed by atoms with van der Waals surface area (Å²) in [6.45, 7) is 18.3. The van der Waals surface area contributed by atoms with Crippen LogP contribution in [0.25, 0.3) is 0 Å². The van der Waals surface area contributed by atoms with Crippen molar-refractivity contribution in [3.05, 3.63) is 23.8 Å². The van der Waals surface area contributed by atoms with E-state index in [9.17, 15) is 30.0 Å². The third-order valence-corrected chi connectivity index (χ3v) is 13.4. The van der Waals surface area contributed by atoms with Gasteiger partial charge in [0.15, 0.2) is 6.29 Å². The summed E-state index contributed by atoms with van der Waals surface area (Å²) in [7, 11) is 0. The van der Waals surface area contributed by atoms with Gasteiger partial charge in [-0.2, -0.15) is 0 Å². The van der Waals surface area contributed by atoms with Gasteiger partial charge in [-0.25, -0.2) is 0 Å². The van der Waals surface area contributed by atoms with Crippen LogP contribution in [0.15, 0.2) is 23.8 Å². The van der Waals surface area contributed by atoms with E-state index in [4.69, 9.17) is 14.2 Å². The molecule has 0 amide bonds. The topological polar surface area (TPSA) is 143 Å². The second-order valence-corrected chi connectivity index (χ2v) is 16.2. The van der Waals surface area contributed by atoms with Crippen molar-refractivity contribution in [3.8, 4) is 0 Å². The van der Waals surface area contributed by atoms with E-state index < -0.39 is 54.9 Å². The molecule has 1 aliphatic heterocycles. The van der Waals surface area contributed by atoms with Crippen molar-refractivity contribution in [2.45, 2.75) is 143 Å². The van der Waals surface area contributed by atoms with E-state index in [1.807, 2.05) is 0 Å². The van der Waals surface area contributed by atoms with E-state index in [1.54, 1.807) is 6.92 Å². The van der Waals surface area contributed by atoms with E-state index >= 15 is 0 Å². The zero-order valence-electron chi connectivity index (χ0n) is 28.9. The molecule has 3 saturated carbocycles. The number of esters is 1. The van der Waals surface area contributed by atoms with Crippen molar-refractivity contribution >= 4 is 11.9 Å². The minimum atomic E-state index is -1.44.